The van der Waals surface area contributed by atoms with Crippen molar-refractivity contribution in [3.8, 4) is 0 Å². The number of hydrogen-bond acceptors (Lipinski definition) is 3. The number of hydrogen-bond donors (Lipinski definition) is 0. The Morgan fingerprint density at radius 3 is 2.04 bits per heavy atom. The molecule has 0 fully saturated rings. The number of halogens is 1. The van der Waals surface area contributed by atoms with Crippen molar-refractivity contribution in [2.45, 2.75) is 52.7 Å². The molecule has 0 N–H and O–H groups in total. The van der Waals surface area contributed by atoms with E-state index in [9.17, 15) is 4.39 Å². The third kappa shape index (κ3) is 6.24. The molecular weight excluding hydrogens is 341 g/mol. The maximum absolute atomic E-state index is 14.1. The second-order valence-electron chi connectivity index (χ2n) is 8.27. The third-order valence-corrected chi connectivity index (χ3v) is 3.36. The quantitative estimate of drug-likeness (QED) is 0.591. The van der Waals surface area contributed by atoms with Crippen LogP contribution in [0.3, 0.4) is 0 Å². The fourth-order valence-corrected chi connectivity index (χ4v) is 2.33. The summed E-state index contributed by atoms with van der Waals surface area (Å²) in [5.41, 5.74) is 1.11. The molecule has 0 heterocycles. The smallest absolute Gasteiger partial charge is 0.290 e. The van der Waals surface area contributed by atoms with Crippen molar-refractivity contribution in [3.05, 3.63) is 78.0 Å². The lowest BCUT2D eigenvalue weighted by Crippen LogP contribution is -2.27. The van der Waals surface area contributed by atoms with E-state index >= 15 is 0 Å². The first-order chi connectivity index (χ1) is 12.5. The van der Waals surface area contributed by atoms with Gasteiger partial charge in [0.2, 0.25) is 0 Å². The molecule has 4 heteroatoms. The molecule has 0 atom stereocenters. The Kier molecular flexibility index (Phi) is 6.09. The van der Waals surface area contributed by atoms with Crippen molar-refractivity contribution in [1.82, 2.24) is 0 Å². The van der Waals surface area contributed by atoms with E-state index in [1.165, 1.54) is 6.07 Å². The Morgan fingerprint density at radius 2 is 1.48 bits per heavy atom. The van der Waals surface area contributed by atoms with Gasteiger partial charge in [0.1, 0.15) is 17.0 Å². The lowest BCUT2D eigenvalue weighted by atomic mass is 10.0. The minimum atomic E-state index is -0.448. The molecule has 0 saturated carbocycles. The van der Waals surface area contributed by atoms with Crippen LogP contribution in [-0.4, -0.2) is 16.9 Å². The summed E-state index contributed by atoms with van der Waals surface area (Å²) in [6, 6.07) is 6.45. The SMILES string of the molecule is C=C(N=C1C=CC=CC1=C(OC(C)(C)C)OC(C)(C)C)c1ccccc1F. The number of allylic oxidation sites excluding steroid dienone is 5. The molecule has 1 aliphatic rings. The summed E-state index contributed by atoms with van der Waals surface area (Å²) in [5, 5.41) is 0. The first kappa shape index (κ1) is 20.7. The molecule has 0 aromatic heterocycles. The van der Waals surface area contributed by atoms with Crippen LogP contribution in [0.25, 0.3) is 5.70 Å². The van der Waals surface area contributed by atoms with E-state index in [1.807, 2.05) is 65.8 Å². The molecule has 0 unspecified atom stereocenters. The number of ether oxygens (including phenoxy) is 2. The van der Waals surface area contributed by atoms with Crippen LogP contribution in [0.5, 0.6) is 0 Å². The van der Waals surface area contributed by atoms with Crippen molar-refractivity contribution < 1.29 is 13.9 Å². The van der Waals surface area contributed by atoms with Crippen molar-refractivity contribution in [2.75, 3.05) is 0 Å². The molecule has 0 spiro atoms. The summed E-state index contributed by atoms with van der Waals surface area (Å²) in [6.07, 6.45) is 7.46. The Labute approximate surface area is 161 Å². The molecule has 0 amide bonds. The molecule has 3 nitrogen and oxygen atoms in total. The fraction of sp³-hybridized carbons (Fsp3) is 0.348. The summed E-state index contributed by atoms with van der Waals surface area (Å²) in [7, 11) is 0. The number of benzene rings is 1. The Bertz CT molecular complexity index is 813. The van der Waals surface area contributed by atoms with E-state index < -0.39 is 11.2 Å². The van der Waals surface area contributed by atoms with Crippen LogP contribution in [0.2, 0.25) is 0 Å². The second-order valence-corrected chi connectivity index (χ2v) is 8.27. The van der Waals surface area contributed by atoms with Crippen LogP contribution in [0.4, 0.5) is 4.39 Å². The van der Waals surface area contributed by atoms with Gasteiger partial charge in [-0.3, -0.25) is 0 Å². The van der Waals surface area contributed by atoms with E-state index in [0.717, 1.165) is 0 Å². The van der Waals surface area contributed by atoms with Crippen molar-refractivity contribution in [1.29, 1.82) is 0 Å². The van der Waals surface area contributed by atoms with Crippen LogP contribution in [0.15, 0.2) is 71.7 Å². The molecule has 1 aromatic rings. The van der Waals surface area contributed by atoms with Gasteiger partial charge >= 0.3 is 0 Å². The van der Waals surface area contributed by atoms with E-state index in [2.05, 4.69) is 11.6 Å². The third-order valence-electron chi connectivity index (χ3n) is 3.36. The zero-order chi connectivity index (χ0) is 20.2. The highest BCUT2D eigenvalue weighted by molar-refractivity contribution is 6.13. The molecule has 0 aliphatic heterocycles. The maximum Gasteiger partial charge on any atom is 0.290 e. The normalized spacial score (nSPS) is 15.8. The summed E-state index contributed by atoms with van der Waals surface area (Å²) in [4.78, 5) is 4.56. The molecule has 2 rings (SSSR count). The monoisotopic (exact) mass is 369 g/mol. The van der Waals surface area contributed by atoms with Gasteiger partial charge in [0.15, 0.2) is 0 Å². The molecule has 144 valence electrons. The zero-order valence-electron chi connectivity index (χ0n) is 17.0. The molecule has 27 heavy (non-hydrogen) atoms. The van der Waals surface area contributed by atoms with E-state index in [1.54, 1.807) is 18.2 Å². The number of nitrogens with zero attached hydrogens (tertiary/aromatic N) is 1. The maximum atomic E-state index is 14.1. The average molecular weight is 369 g/mol. The summed E-state index contributed by atoms with van der Waals surface area (Å²) >= 11 is 0. The van der Waals surface area contributed by atoms with Gasteiger partial charge in [0.25, 0.3) is 5.95 Å². The summed E-state index contributed by atoms with van der Waals surface area (Å²) in [5.74, 6) is 0.0282. The second kappa shape index (κ2) is 7.95. The predicted molar refractivity (Wildman–Crippen MR) is 110 cm³/mol. The van der Waals surface area contributed by atoms with E-state index in [0.29, 0.717) is 28.5 Å². The van der Waals surface area contributed by atoms with Gasteiger partial charge in [-0.05, 0) is 65.8 Å². The van der Waals surface area contributed by atoms with Crippen LogP contribution in [-0.2, 0) is 9.47 Å². The van der Waals surface area contributed by atoms with Gasteiger partial charge in [-0.1, -0.05) is 30.9 Å². The van der Waals surface area contributed by atoms with Gasteiger partial charge in [-0.15, -0.1) is 0 Å². The minimum absolute atomic E-state index is 0.339. The Balaban J connectivity index is 2.51. The minimum Gasteiger partial charge on any atom is -0.459 e. The van der Waals surface area contributed by atoms with Crippen molar-refractivity contribution >= 4 is 11.4 Å². The van der Waals surface area contributed by atoms with Gasteiger partial charge in [0, 0.05) is 5.56 Å². The molecule has 0 bridgehead atoms. The van der Waals surface area contributed by atoms with Crippen molar-refractivity contribution in [2.24, 2.45) is 4.99 Å². The van der Waals surface area contributed by atoms with E-state index in [4.69, 9.17) is 9.47 Å². The lowest BCUT2D eigenvalue weighted by molar-refractivity contribution is -0.0924. The zero-order valence-corrected chi connectivity index (χ0v) is 17.0. The predicted octanol–water partition coefficient (Wildman–Crippen LogP) is 6.21. The van der Waals surface area contributed by atoms with Crippen LogP contribution in [0, 0.1) is 5.82 Å². The Hall–Kier alpha value is -2.62. The number of rotatable bonds is 4. The van der Waals surface area contributed by atoms with Gasteiger partial charge < -0.3 is 9.47 Å². The van der Waals surface area contributed by atoms with Crippen LogP contribution in [0.1, 0.15) is 47.1 Å². The Morgan fingerprint density at radius 1 is 0.926 bits per heavy atom. The van der Waals surface area contributed by atoms with Gasteiger partial charge in [-0.25, -0.2) is 9.38 Å². The van der Waals surface area contributed by atoms with Gasteiger partial charge in [0.05, 0.1) is 17.0 Å². The first-order valence-corrected chi connectivity index (χ1v) is 8.96. The van der Waals surface area contributed by atoms with E-state index in [-0.39, 0.29) is 5.82 Å². The fourth-order valence-electron chi connectivity index (χ4n) is 2.33. The molecular formula is C23H28FNO2. The topological polar surface area (TPSA) is 30.8 Å². The highest BCUT2D eigenvalue weighted by Gasteiger charge is 2.25. The lowest BCUT2D eigenvalue weighted by Gasteiger charge is -2.30. The first-order valence-electron chi connectivity index (χ1n) is 8.96. The largest absolute Gasteiger partial charge is 0.459 e. The average Bonchev–Trinajstić information content (AvgIpc) is 2.52. The highest BCUT2D eigenvalue weighted by atomic mass is 19.1. The highest BCUT2D eigenvalue weighted by Crippen LogP contribution is 2.27. The molecule has 1 aromatic carbocycles. The van der Waals surface area contributed by atoms with Crippen LogP contribution < -0.4 is 0 Å². The van der Waals surface area contributed by atoms with Gasteiger partial charge in [-0.2, -0.15) is 0 Å². The summed E-state index contributed by atoms with van der Waals surface area (Å²) in [6.45, 7) is 15.7. The number of aliphatic imine (C=N–C) groups is 1. The molecule has 0 radical (unpaired) electrons. The van der Waals surface area contributed by atoms with Crippen molar-refractivity contribution in [3.63, 3.8) is 0 Å². The van der Waals surface area contributed by atoms with Crippen LogP contribution >= 0.6 is 0 Å². The summed E-state index contributed by atoms with van der Waals surface area (Å²) < 4.78 is 26.2. The molecule has 1 aliphatic carbocycles. The standard InChI is InChI=1S/C23H28FNO2/c1-16(17-12-8-10-14-19(17)24)25-20-15-11-9-13-18(20)21(26-22(2,3)4)27-23(5,6)7/h8-15H,1H2,2-7H3. The molecule has 0 saturated heterocycles.